The van der Waals surface area contributed by atoms with E-state index < -0.39 is 0 Å². The van der Waals surface area contributed by atoms with Crippen LogP contribution in [0.1, 0.15) is 28.6 Å². The summed E-state index contributed by atoms with van der Waals surface area (Å²) >= 11 is 1.41. The Kier molecular flexibility index (Phi) is 3.89. The Balaban J connectivity index is 2.13. The Morgan fingerprint density at radius 3 is 2.44 bits per heavy atom. The summed E-state index contributed by atoms with van der Waals surface area (Å²) in [6.07, 6.45) is 0.329. The highest BCUT2D eigenvalue weighted by Gasteiger charge is 2.10. The molecular formula is C14H12O3S. The Bertz CT molecular complexity index is 541. The molecule has 0 radical (unpaired) electrons. The van der Waals surface area contributed by atoms with Gasteiger partial charge in [-0.3, -0.25) is 9.59 Å². The van der Waals surface area contributed by atoms with Gasteiger partial charge in [0.25, 0.3) is 0 Å². The van der Waals surface area contributed by atoms with Crippen LogP contribution in [0.15, 0.2) is 41.8 Å². The summed E-state index contributed by atoms with van der Waals surface area (Å²) in [7, 11) is 0. The van der Waals surface area contributed by atoms with E-state index in [1.54, 1.807) is 37.3 Å². The average Bonchev–Trinajstić information content (AvgIpc) is 2.92. The molecule has 0 aliphatic carbocycles. The van der Waals surface area contributed by atoms with Crippen LogP contribution >= 0.6 is 11.3 Å². The molecule has 0 bridgehead atoms. The van der Waals surface area contributed by atoms with Gasteiger partial charge >= 0.3 is 5.97 Å². The van der Waals surface area contributed by atoms with Gasteiger partial charge in [-0.25, -0.2) is 0 Å². The van der Waals surface area contributed by atoms with Crippen LogP contribution in [0, 0.1) is 0 Å². The monoisotopic (exact) mass is 260 g/mol. The largest absolute Gasteiger partial charge is 0.427 e. The maximum absolute atomic E-state index is 12.0. The maximum atomic E-state index is 12.0. The summed E-state index contributed by atoms with van der Waals surface area (Å²) in [4.78, 5) is 23.8. The van der Waals surface area contributed by atoms with Crippen molar-refractivity contribution in [1.29, 1.82) is 0 Å². The van der Waals surface area contributed by atoms with Gasteiger partial charge in [-0.15, -0.1) is 11.3 Å². The van der Waals surface area contributed by atoms with Crippen LogP contribution in [-0.4, -0.2) is 11.8 Å². The van der Waals surface area contributed by atoms with Crippen LogP contribution < -0.4 is 4.74 Å². The summed E-state index contributed by atoms with van der Waals surface area (Å²) in [5.41, 5.74) is 0.591. The van der Waals surface area contributed by atoms with Crippen molar-refractivity contribution in [1.82, 2.24) is 0 Å². The van der Waals surface area contributed by atoms with Gasteiger partial charge in [0.2, 0.25) is 5.78 Å². The zero-order valence-electron chi connectivity index (χ0n) is 9.88. The number of esters is 1. The van der Waals surface area contributed by atoms with Gasteiger partial charge < -0.3 is 4.74 Å². The molecule has 1 aromatic heterocycles. The average molecular weight is 260 g/mol. The lowest BCUT2D eigenvalue weighted by Gasteiger charge is -2.03. The fourth-order valence-electron chi connectivity index (χ4n) is 1.43. The van der Waals surface area contributed by atoms with Crippen molar-refractivity contribution in [2.75, 3.05) is 0 Å². The molecule has 0 aliphatic heterocycles. The topological polar surface area (TPSA) is 43.4 Å². The highest BCUT2D eigenvalue weighted by atomic mass is 32.1. The number of rotatable bonds is 4. The molecule has 0 aliphatic rings. The van der Waals surface area contributed by atoms with Gasteiger partial charge in [0.1, 0.15) is 5.75 Å². The van der Waals surface area contributed by atoms with Gasteiger partial charge in [-0.05, 0) is 35.7 Å². The van der Waals surface area contributed by atoms with Crippen LogP contribution in [0.2, 0.25) is 0 Å². The third-order valence-electron chi connectivity index (χ3n) is 2.38. The molecule has 0 spiro atoms. The molecule has 0 amide bonds. The zero-order chi connectivity index (χ0) is 13.0. The Hall–Kier alpha value is -1.94. The molecule has 0 saturated carbocycles. The molecular weight excluding hydrogens is 248 g/mol. The van der Waals surface area contributed by atoms with Gasteiger partial charge in [-0.1, -0.05) is 13.0 Å². The lowest BCUT2D eigenvalue weighted by atomic mass is 10.1. The minimum Gasteiger partial charge on any atom is -0.427 e. The van der Waals surface area contributed by atoms with Crippen molar-refractivity contribution in [3.63, 3.8) is 0 Å². The van der Waals surface area contributed by atoms with Crippen molar-refractivity contribution >= 4 is 23.1 Å². The lowest BCUT2D eigenvalue weighted by molar-refractivity contribution is -0.134. The predicted molar refractivity (Wildman–Crippen MR) is 70.1 cm³/mol. The van der Waals surface area contributed by atoms with E-state index in [0.29, 0.717) is 22.6 Å². The van der Waals surface area contributed by atoms with E-state index in [-0.39, 0.29) is 11.8 Å². The predicted octanol–water partition coefficient (Wildman–Crippen LogP) is 3.29. The van der Waals surface area contributed by atoms with Crippen LogP contribution in [-0.2, 0) is 4.79 Å². The number of hydrogen-bond donors (Lipinski definition) is 0. The Labute approximate surface area is 109 Å². The van der Waals surface area contributed by atoms with E-state index in [4.69, 9.17) is 4.74 Å². The van der Waals surface area contributed by atoms with Crippen LogP contribution in [0.3, 0.4) is 0 Å². The molecule has 1 aromatic carbocycles. The first-order valence-corrected chi connectivity index (χ1v) is 6.47. The molecule has 4 heteroatoms. The maximum Gasteiger partial charge on any atom is 0.310 e. The molecule has 1 heterocycles. The minimum atomic E-state index is -0.285. The standard InChI is InChI=1S/C14H12O3S/c1-2-13(15)17-11-7-5-10(6-8-11)14(16)12-4-3-9-18-12/h3-9H,2H2,1H3. The number of ether oxygens (including phenoxy) is 1. The molecule has 2 rings (SSSR count). The summed E-state index contributed by atoms with van der Waals surface area (Å²) in [5.74, 6) is 0.162. The Morgan fingerprint density at radius 2 is 1.89 bits per heavy atom. The third kappa shape index (κ3) is 2.84. The first-order chi connectivity index (χ1) is 8.70. The number of benzene rings is 1. The molecule has 0 unspecified atom stereocenters. The van der Waals surface area contributed by atoms with Gasteiger partial charge in [0.15, 0.2) is 0 Å². The molecule has 0 N–H and O–H groups in total. The molecule has 3 nitrogen and oxygen atoms in total. The molecule has 2 aromatic rings. The number of carbonyl (C=O) groups is 2. The van der Waals surface area contributed by atoms with Crippen molar-refractivity contribution in [2.45, 2.75) is 13.3 Å². The first-order valence-electron chi connectivity index (χ1n) is 5.59. The molecule has 0 fully saturated rings. The van der Waals surface area contributed by atoms with E-state index in [9.17, 15) is 9.59 Å². The number of carbonyl (C=O) groups excluding carboxylic acids is 2. The zero-order valence-corrected chi connectivity index (χ0v) is 10.7. The summed E-state index contributed by atoms with van der Waals surface area (Å²) < 4.78 is 5.04. The molecule has 92 valence electrons. The quantitative estimate of drug-likeness (QED) is 0.481. The van der Waals surface area contributed by atoms with Crippen molar-refractivity contribution < 1.29 is 14.3 Å². The van der Waals surface area contributed by atoms with E-state index in [0.717, 1.165) is 0 Å². The number of thiophene rings is 1. The van der Waals surface area contributed by atoms with E-state index in [1.165, 1.54) is 11.3 Å². The van der Waals surface area contributed by atoms with Crippen LogP contribution in [0.4, 0.5) is 0 Å². The molecule has 0 atom stereocenters. The molecule has 18 heavy (non-hydrogen) atoms. The van der Waals surface area contributed by atoms with Gasteiger partial charge in [-0.2, -0.15) is 0 Å². The van der Waals surface area contributed by atoms with Crippen LogP contribution in [0.25, 0.3) is 0 Å². The number of ketones is 1. The lowest BCUT2D eigenvalue weighted by Crippen LogP contribution is -2.05. The SMILES string of the molecule is CCC(=O)Oc1ccc(C(=O)c2cccs2)cc1. The highest BCUT2D eigenvalue weighted by molar-refractivity contribution is 7.12. The van der Waals surface area contributed by atoms with Gasteiger partial charge in [0, 0.05) is 12.0 Å². The fourth-order valence-corrected chi connectivity index (χ4v) is 2.11. The smallest absolute Gasteiger partial charge is 0.310 e. The van der Waals surface area contributed by atoms with Gasteiger partial charge in [0.05, 0.1) is 4.88 Å². The number of hydrogen-bond acceptors (Lipinski definition) is 4. The third-order valence-corrected chi connectivity index (χ3v) is 3.25. The second kappa shape index (κ2) is 5.60. The molecule has 0 saturated heterocycles. The Morgan fingerprint density at radius 1 is 1.17 bits per heavy atom. The summed E-state index contributed by atoms with van der Waals surface area (Å²) in [5, 5.41) is 1.87. The first kappa shape index (κ1) is 12.5. The summed E-state index contributed by atoms with van der Waals surface area (Å²) in [6, 6.07) is 10.2. The van der Waals surface area contributed by atoms with Crippen molar-refractivity contribution in [3.8, 4) is 5.75 Å². The van der Waals surface area contributed by atoms with E-state index in [2.05, 4.69) is 0 Å². The van der Waals surface area contributed by atoms with Crippen molar-refractivity contribution in [2.24, 2.45) is 0 Å². The second-order valence-corrected chi connectivity index (χ2v) is 4.61. The van der Waals surface area contributed by atoms with E-state index >= 15 is 0 Å². The normalized spacial score (nSPS) is 10.1. The fraction of sp³-hybridized carbons (Fsp3) is 0.143. The highest BCUT2D eigenvalue weighted by Crippen LogP contribution is 2.18. The minimum absolute atomic E-state index is 0.0154. The van der Waals surface area contributed by atoms with E-state index in [1.807, 2.05) is 11.4 Å². The second-order valence-electron chi connectivity index (χ2n) is 3.66. The summed E-state index contributed by atoms with van der Waals surface area (Å²) in [6.45, 7) is 1.73. The van der Waals surface area contributed by atoms with Crippen molar-refractivity contribution in [3.05, 3.63) is 52.2 Å². The van der Waals surface area contributed by atoms with Crippen LogP contribution in [0.5, 0.6) is 5.75 Å².